The van der Waals surface area contributed by atoms with Gasteiger partial charge in [0, 0.05) is 7.11 Å². The lowest BCUT2D eigenvalue weighted by atomic mass is 10.0. The van der Waals surface area contributed by atoms with E-state index in [9.17, 15) is 5.11 Å². The lowest BCUT2D eigenvalue weighted by Gasteiger charge is -2.26. The molecule has 2 unspecified atom stereocenters. The van der Waals surface area contributed by atoms with E-state index in [0.29, 0.717) is 6.42 Å². The van der Waals surface area contributed by atoms with Crippen molar-refractivity contribution in [3.8, 4) is 0 Å². The zero-order chi connectivity index (χ0) is 7.61. The molecule has 0 saturated heterocycles. The molecule has 1 saturated carbocycles. The van der Waals surface area contributed by atoms with Gasteiger partial charge in [0.05, 0.1) is 12.7 Å². The van der Waals surface area contributed by atoms with Gasteiger partial charge >= 0.3 is 0 Å². The molecule has 2 atom stereocenters. The number of rotatable bonds is 2. The summed E-state index contributed by atoms with van der Waals surface area (Å²) in [5.41, 5.74) is -0.964. The van der Waals surface area contributed by atoms with E-state index in [2.05, 4.69) is 0 Å². The molecule has 10 heavy (non-hydrogen) atoms. The van der Waals surface area contributed by atoms with E-state index in [1.54, 1.807) is 7.11 Å². The van der Waals surface area contributed by atoms with E-state index in [4.69, 9.17) is 9.84 Å². The second kappa shape index (κ2) is 2.86. The van der Waals surface area contributed by atoms with E-state index >= 15 is 0 Å². The summed E-state index contributed by atoms with van der Waals surface area (Å²) in [6.07, 6.45) is 2.28. The van der Waals surface area contributed by atoms with Gasteiger partial charge in [0.2, 0.25) is 0 Å². The lowest BCUT2D eigenvalue weighted by Crippen LogP contribution is -2.42. The summed E-state index contributed by atoms with van der Waals surface area (Å²) < 4.78 is 5.01. The first kappa shape index (κ1) is 7.98. The first-order valence-corrected chi connectivity index (χ1v) is 3.59. The smallest absolute Gasteiger partial charge is 0.114 e. The van der Waals surface area contributed by atoms with E-state index in [0.717, 1.165) is 12.8 Å². The van der Waals surface area contributed by atoms with Crippen LogP contribution in [0.1, 0.15) is 19.3 Å². The maximum atomic E-state index is 9.58. The number of hydrogen-bond acceptors (Lipinski definition) is 3. The molecular weight excluding hydrogens is 132 g/mol. The van der Waals surface area contributed by atoms with Crippen molar-refractivity contribution in [2.24, 2.45) is 0 Å². The average molecular weight is 146 g/mol. The molecule has 1 rings (SSSR count). The third-order valence-corrected chi connectivity index (χ3v) is 2.23. The van der Waals surface area contributed by atoms with Crippen LogP contribution in [-0.2, 0) is 4.74 Å². The molecule has 1 aliphatic carbocycles. The lowest BCUT2D eigenvalue weighted by molar-refractivity contribution is -0.100. The standard InChI is InChI=1S/C7H14O3/c1-10-6-3-2-4-7(6,9)5-8/h6,8-9H,2-5H2,1H3. The second-order valence-electron chi connectivity index (χ2n) is 2.88. The first-order valence-electron chi connectivity index (χ1n) is 3.59. The van der Waals surface area contributed by atoms with E-state index in [-0.39, 0.29) is 12.7 Å². The van der Waals surface area contributed by atoms with Crippen molar-refractivity contribution in [2.45, 2.75) is 31.0 Å². The second-order valence-corrected chi connectivity index (χ2v) is 2.88. The Kier molecular flexibility index (Phi) is 2.28. The minimum absolute atomic E-state index is 0.169. The molecule has 3 heteroatoms. The fraction of sp³-hybridized carbons (Fsp3) is 1.00. The average Bonchev–Trinajstić information content (AvgIpc) is 2.32. The third-order valence-electron chi connectivity index (χ3n) is 2.23. The summed E-state index contributed by atoms with van der Waals surface area (Å²) in [6, 6.07) is 0. The van der Waals surface area contributed by atoms with Gasteiger partial charge in [-0.15, -0.1) is 0 Å². The van der Waals surface area contributed by atoms with Crippen LogP contribution in [0, 0.1) is 0 Å². The maximum Gasteiger partial charge on any atom is 0.114 e. The summed E-state index contributed by atoms with van der Waals surface area (Å²) in [5, 5.41) is 18.4. The summed E-state index contributed by atoms with van der Waals surface area (Å²) >= 11 is 0. The van der Waals surface area contributed by atoms with Crippen LogP contribution in [0.15, 0.2) is 0 Å². The van der Waals surface area contributed by atoms with Gasteiger partial charge in [0.25, 0.3) is 0 Å². The minimum Gasteiger partial charge on any atom is -0.393 e. The SMILES string of the molecule is COC1CCCC1(O)CO. The van der Waals surface area contributed by atoms with Gasteiger partial charge in [-0.3, -0.25) is 0 Å². The number of aliphatic hydroxyl groups excluding tert-OH is 1. The largest absolute Gasteiger partial charge is 0.393 e. The topological polar surface area (TPSA) is 49.7 Å². The van der Waals surface area contributed by atoms with Gasteiger partial charge in [-0.2, -0.15) is 0 Å². The van der Waals surface area contributed by atoms with Crippen LogP contribution in [0.2, 0.25) is 0 Å². The summed E-state index contributed by atoms with van der Waals surface area (Å²) in [4.78, 5) is 0. The van der Waals surface area contributed by atoms with Gasteiger partial charge in [-0.1, -0.05) is 0 Å². The number of aliphatic hydroxyl groups is 2. The fourth-order valence-corrected chi connectivity index (χ4v) is 1.54. The van der Waals surface area contributed by atoms with E-state index in [1.807, 2.05) is 0 Å². The quantitative estimate of drug-likeness (QED) is 0.572. The minimum atomic E-state index is -0.964. The van der Waals surface area contributed by atoms with Crippen molar-refractivity contribution < 1.29 is 14.9 Å². The molecule has 0 spiro atoms. The van der Waals surface area contributed by atoms with Gasteiger partial charge in [-0.25, -0.2) is 0 Å². The summed E-state index contributed by atoms with van der Waals surface area (Å²) in [7, 11) is 1.57. The zero-order valence-electron chi connectivity index (χ0n) is 6.21. The fourth-order valence-electron chi connectivity index (χ4n) is 1.54. The molecule has 1 fully saturated rings. The monoisotopic (exact) mass is 146 g/mol. The number of methoxy groups -OCH3 is 1. The van der Waals surface area contributed by atoms with Gasteiger partial charge in [-0.05, 0) is 19.3 Å². The predicted molar refractivity (Wildman–Crippen MR) is 36.7 cm³/mol. The molecule has 0 radical (unpaired) electrons. The van der Waals surface area contributed by atoms with Crippen LogP contribution in [0.3, 0.4) is 0 Å². The number of ether oxygens (including phenoxy) is 1. The van der Waals surface area contributed by atoms with Crippen LogP contribution in [0.5, 0.6) is 0 Å². The highest BCUT2D eigenvalue weighted by Crippen LogP contribution is 2.31. The highest BCUT2D eigenvalue weighted by molar-refractivity contribution is 4.92. The van der Waals surface area contributed by atoms with Crippen LogP contribution in [-0.4, -0.2) is 35.6 Å². The molecule has 0 aromatic rings. The Balaban J connectivity index is 2.56. The predicted octanol–water partition coefficient (Wildman–Crippen LogP) is -0.0913. The highest BCUT2D eigenvalue weighted by atomic mass is 16.5. The molecule has 1 aliphatic rings. The molecule has 0 aliphatic heterocycles. The Labute approximate surface area is 60.6 Å². The van der Waals surface area contributed by atoms with E-state index < -0.39 is 5.60 Å². The first-order chi connectivity index (χ1) is 4.73. The number of hydrogen-bond donors (Lipinski definition) is 2. The van der Waals surface area contributed by atoms with Crippen molar-refractivity contribution in [3.05, 3.63) is 0 Å². The zero-order valence-corrected chi connectivity index (χ0v) is 6.21. The molecule has 0 heterocycles. The maximum absolute atomic E-state index is 9.58. The molecule has 3 nitrogen and oxygen atoms in total. The molecule has 60 valence electrons. The van der Waals surface area contributed by atoms with Crippen molar-refractivity contribution in [1.82, 2.24) is 0 Å². The van der Waals surface area contributed by atoms with Crippen molar-refractivity contribution >= 4 is 0 Å². The van der Waals surface area contributed by atoms with Crippen molar-refractivity contribution in [1.29, 1.82) is 0 Å². The van der Waals surface area contributed by atoms with Gasteiger partial charge < -0.3 is 14.9 Å². The Morgan fingerprint density at radius 1 is 1.70 bits per heavy atom. The van der Waals surface area contributed by atoms with Crippen molar-refractivity contribution in [2.75, 3.05) is 13.7 Å². The summed E-state index contributed by atoms with van der Waals surface area (Å²) in [5.74, 6) is 0. The third kappa shape index (κ3) is 1.17. The van der Waals surface area contributed by atoms with Gasteiger partial charge in [0.1, 0.15) is 5.60 Å². The summed E-state index contributed by atoms with van der Waals surface area (Å²) in [6.45, 7) is -0.189. The molecule has 0 aromatic carbocycles. The van der Waals surface area contributed by atoms with Gasteiger partial charge in [0.15, 0.2) is 0 Å². The van der Waals surface area contributed by atoms with Crippen LogP contribution < -0.4 is 0 Å². The molecule has 0 bridgehead atoms. The van der Waals surface area contributed by atoms with Crippen LogP contribution >= 0.6 is 0 Å². The highest BCUT2D eigenvalue weighted by Gasteiger charge is 2.40. The molecular formula is C7H14O3. The molecule has 2 N–H and O–H groups in total. The Hall–Kier alpha value is -0.120. The molecule has 0 aromatic heterocycles. The Morgan fingerprint density at radius 2 is 2.40 bits per heavy atom. The van der Waals surface area contributed by atoms with Crippen molar-refractivity contribution in [3.63, 3.8) is 0 Å². The van der Waals surface area contributed by atoms with Crippen LogP contribution in [0.25, 0.3) is 0 Å². The normalized spacial score (nSPS) is 40.5. The Morgan fingerprint density at radius 3 is 2.80 bits per heavy atom. The van der Waals surface area contributed by atoms with Crippen LogP contribution in [0.4, 0.5) is 0 Å². The van der Waals surface area contributed by atoms with E-state index in [1.165, 1.54) is 0 Å². The molecule has 0 amide bonds. The Bertz CT molecular complexity index is 115.